The maximum absolute atomic E-state index is 13.3. The van der Waals surface area contributed by atoms with Crippen molar-refractivity contribution in [2.45, 2.75) is 26.4 Å². The Hall–Kier alpha value is -4.13. The van der Waals surface area contributed by atoms with Gasteiger partial charge in [0, 0.05) is 30.1 Å². The predicted molar refractivity (Wildman–Crippen MR) is 127 cm³/mol. The third-order valence-electron chi connectivity index (χ3n) is 5.82. The quantitative estimate of drug-likeness (QED) is 0.320. The highest BCUT2D eigenvalue weighted by atomic mass is 16.5. The van der Waals surface area contributed by atoms with Crippen LogP contribution in [-0.4, -0.2) is 40.4 Å². The van der Waals surface area contributed by atoms with Crippen LogP contribution in [0.15, 0.2) is 72.6 Å². The molecule has 1 aromatic heterocycles. The van der Waals surface area contributed by atoms with Crippen molar-refractivity contribution in [2.75, 3.05) is 13.7 Å². The molecule has 4 rings (SSSR count). The second-order valence-electron chi connectivity index (χ2n) is 7.94. The van der Waals surface area contributed by atoms with Crippen molar-refractivity contribution < 1.29 is 24.2 Å². The number of aliphatic hydroxyl groups is 1. The highest BCUT2D eigenvalue weighted by Gasteiger charge is 2.47. The molecule has 1 aliphatic heterocycles. The van der Waals surface area contributed by atoms with Crippen molar-refractivity contribution in [1.82, 2.24) is 9.88 Å². The Labute approximate surface area is 198 Å². The van der Waals surface area contributed by atoms with E-state index in [2.05, 4.69) is 4.98 Å². The number of methoxy groups -OCH3 is 1. The minimum atomic E-state index is -0.829. The van der Waals surface area contributed by atoms with Crippen LogP contribution in [0.25, 0.3) is 5.76 Å². The highest BCUT2D eigenvalue weighted by molar-refractivity contribution is 6.46. The number of nitrogens with zero attached hydrogens (tertiary/aromatic N) is 2. The first-order chi connectivity index (χ1) is 16.5. The Morgan fingerprint density at radius 2 is 1.91 bits per heavy atom. The first kappa shape index (κ1) is 23.0. The van der Waals surface area contributed by atoms with Gasteiger partial charge in [0.1, 0.15) is 17.3 Å². The van der Waals surface area contributed by atoms with Crippen molar-refractivity contribution in [3.63, 3.8) is 0 Å². The number of aliphatic hydroxyl groups excluding tert-OH is 1. The molecule has 1 amide bonds. The molecular formula is C27H26N2O5. The lowest BCUT2D eigenvalue weighted by Crippen LogP contribution is -2.29. The summed E-state index contributed by atoms with van der Waals surface area (Å²) in [5.41, 5.74) is 2.59. The van der Waals surface area contributed by atoms with Gasteiger partial charge in [-0.05, 0) is 55.3 Å². The molecule has 1 saturated heterocycles. The summed E-state index contributed by atoms with van der Waals surface area (Å²) in [4.78, 5) is 32.1. The van der Waals surface area contributed by atoms with Crippen LogP contribution < -0.4 is 9.47 Å². The fourth-order valence-corrected chi connectivity index (χ4v) is 4.22. The molecule has 2 heterocycles. The molecule has 1 N–H and O–H groups in total. The number of para-hydroxylation sites is 1. The van der Waals surface area contributed by atoms with Gasteiger partial charge in [0.25, 0.3) is 11.7 Å². The second-order valence-corrected chi connectivity index (χ2v) is 7.94. The van der Waals surface area contributed by atoms with Gasteiger partial charge in [-0.25, -0.2) is 0 Å². The van der Waals surface area contributed by atoms with E-state index in [4.69, 9.17) is 9.47 Å². The van der Waals surface area contributed by atoms with Gasteiger partial charge in [0.15, 0.2) is 0 Å². The molecule has 1 atom stereocenters. The van der Waals surface area contributed by atoms with E-state index >= 15 is 0 Å². The van der Waals surface area contributed by atoms with E-state index in [1.165, 1.54) is 4.90 Å². The predicted octanol–water partition coefficient (Wildman–Crippen LogP) is 4.42. The molecule has 3 aromatic rings. The Morgan fingerprint density at radius 1 is 1.12 bits per heavy atom. The van der Waals surface area contributed by atoms with Gasteiger partial charge in [-0.15, -0.1) is 0 Å². The van der Waals surface area contributed by atoms with Crippen LogP contribution in [-0.2, 0) is 16.1 Å². The SMILES string of the molecule is CCOc1ccccc1C1/C(=C(\O)c2ccc(OC)cc2C)C(=O)C(=O)N1Cc1cccnc1. The number of carbonyl (C=O) groups is 2. The first-order valence-electron chi connectivity index (χ1n) is 11.0. The van der Waals surface area contributed by atoms with Crippen LogP contribution in [0.4, 0.5) is 0 Å². The fourth-order valence-electron chi connectivity index (χ4n) is 4.22. The number of carbonyl (C=O) groups excluding carboxylic acids is 2. The van der Waals surface area contributed by atoms with E-state index in [1.54, 1.807) is 49.8 Å². The highest BCUT2D eigenvalue weighted by Crippen LogP contribution is 2.43. The van der Waals surface area contributed by atoms with Crippen LogP contribution >= 0.6 is 0 Å². The average molecular weight is 459 g/mol. The molecule has 2 aromatic carbocycles. The number of aryl methyl sites for hydroxylation is 1. The van der Waals surface area contributed by atoms with E-state index in [-0.39, 0.29) is 17.9 Å². The Balaban J connectivity index is 1.91. The van der Waals surface area contributed by atoms with Gasteiger partial charge in [0.05, 0.1) is 25.3 Å². The van der Waals surface area contributed by atoms with Gasteiger partial charge >= 0.3 is 0 Å². The number of ketones is 1. The van der Waals surface area contributed by atoms with Gasteiger partial charge in [-0.3, -0.25) is 14.6 Å². The third kappa shape index (κ3) is 4.24. The Bertz CT molecular complexity index is 1250. The van der Waals surface area contributed by atoms with Crippen LogP contribution in [0.3, 0.4) is 0 Å². The Morgan fingerprint density at radius 3 is 2.59 bits per heavy atom. The standard InChI is InChI=1S/C27H26N2O5/c1-4-34-22-10-6-5-9-21(22)24-23(25(30)20-12-11-19(33-3)14-17(20)2)26(31)27(32)29(24)16-18-8-7-13-28-15-18/h5-15,24,30H,4,16H2,1-3H3/b25-23+. The number of likely N-dealkylation sites (tertiary alicyclic amines) is 1. The number of hydrogen-bond acceptors (Lipinski definition) is 6. The maximum Gasteiger partial charge on any atom is 0.295 e. The van der Waals surface area contributed by atoms with Crippen LogP contribution in [0, 0.1) is 6.92 Å². The fraction of sp³-hybridized carbons (Fsp3) is 0.222. The van der Waals surface area contributed by atoms with Crippen LogP contribution in [0.2, 0.25) is 0 Å². The minimum Gasteiger partial charge on any atom is -0.507 e. The normalized spacial score (nSPS) is 17.1. The Kier molecular flexibility index (Phi) is 6.63. The number of aromatic nitrogens is 1. The van der Waals surface area contributed by atoms with Crippen molar-refractivity contribution >= 4 is 17.4 Å². The van der Waals surface area contributed by atoms with E-state index in [9.17, 15) is 14.7 Å². The number of pyridine rings is 1. The van der Waals surface area contributed by atoms with Gasteiger partial charge in [-0.1, -0.05) is 24.3 Å². The third-order valence-corrected chi connectivity index (χ3v) is 5.82. The maximum atomic E-state index is 13.3. The molecule has 7 nitrogen and oxygen atoms in total. The molecule has 7 heteroatoms. The molecule has 1 fully saturated rings. The van der Waals surface area contributed by atoms with Crippen molar-refractivity contribution in [3.8, 4) is 11.5 Å². The topological polar surface area (TPSA) is 89.0 Å². The average Bonchev–Trinajstić information content (AvgIpc) is 3.09. The largest absolute Gasteiger partial charge is 0.507 e. The number of Topliss-reactive ketones (excluding diaryl/α,β-unsaturated/α-hetero) is 1. The molecule has 1 unspecified atom stereocenters. The number of amides is 1. The number of rotatable bonds is 7. The van der Waals surface area contributed by atoms with Crippen molar-refractivity contribution in [1.29, 1.82) is 0 Å². The summed E-state index contributed by atoms with van der Waals surface area (Å²) in [7, 11) is 1.56. The molecule has 0 aliphatic carbocycles. The summed E-state index contributed by atoms with van der Waals surface area (Å²) in [6, 6.07) is 15.2. The molecule has 0 saturated carbocycles. The lowest BCUT2D eigenvalue weighted by molar-refractivity contribution is -0.140. The van der Waals surface area contributed by atoms with Gasteiger partial charge < -0.3 is 19.5 Å². The van der Waals surface area contributed by atoms with Crippen LogP contribution in [0.1, 0.15) is 35.2 Å². The lowest BCUT2D eigenvalue weighted by atomic mass is 9.93. The number of benzene rings is 2. The summed E-state index contributed by atoms with van der Waals surface area (Å²) < 4.78 is 11.1. The summed E-state index contributed by atoms with van der Waals surface area (Å²) >= 11 is 0. The molecule has 34 heavy (non-hydrogen) atoms. The molecule has 1 aliphatic rings. The minimum absolute atomic E-state index is 0.0225. The summed E-state index contributed by atoms with van der Waals surface area (Å²) in [6.45, 7) is 4.25. The van der Waals surface area contributed by atoms with Gasteiger partial charge in [-0.2, -0.15) is 0 Å². The molecule has 0 bridgehead atoms. The van der Waals surface area contributed by atoms with Crippen LogP contribution in [0.5, 0.6) is 11.5 Å². The second kappa shape index (κ2) is 9.79. The van der Waals surface area contributed by atoms with E-state index in [0.29, 0.717) is 34.8 Å². The zero-order chi connectivity index (χ0) is 24.2. The van der Waals surface area contributed by atoms with E-state index in [1.807, 2.05) is 38.1 Å². The zero-order valence-electron chi connectivity index (χ0n) is 19.3. The van der Waals surface area contributed by atoms with Gasteiger partial charge in [0.2, 0.25) is 0 Å². The number of hydrogen-bond donors (Lipinski definition) is 1. The first-order valence-corrected chi connectivity index (χ1v) is 11.0. The van der Waals surface area contributed by atoms with E-state index in [0.717, 1.165) is 5.56 Å². The van der Waals surface area contributed by atoms with Crippen molar-refractivity contribution in [3.05, 3.63) is 94.8 Å². The molecular weight excluding hydrogens is 432 g/mol. The summed E-state index contributed by atoms with van der Waals surface area (Å²) in [5, 5.41) is 11.4. The zero-order valence-corrected chi connectivity index (χ0v) is 19.3. The summed E-state index contributed by atoms with van der Waals surface area (Å²) in [5.74, 6) is -0.487. The number of ether oxygens (including phenoxy) is 2. The summed E-state index contributed by atoms with van der Waals surface area (Å²) in [6.07, 6.45) is 3.30. The lowest BCUT2D eigenvalue weighted by Gasteiger charge is -2.27. The van der Waals surface area contributed by atoms with E-state index < -0.39 is 17.7 Å². The monoisotopic (exact) mass is 458 g/mol. The molecule has 174 valence electrons. The smallest absolute Gasteiger partial charge is 0.295 e. The van der Waals surface area contributed by atoms with Crippen molar-refractivity contribution in [2.24, 2.45) is 0 Å². The molecule has 0 spiro atoms. The molecule has 0 radical (unpaired) electrons.